The molecule has 0 bridgehead atoms. The Bertz CT molecular complexity index is 579. The lowest BCUT2D eigenvalue weighted by atomic mass is 9.99. The fourth-order valence-corrected chi connectivity index (χ4v) is 2.39. The van der Waals surface area contributed by atoms with Gasteiger partial charge in [-0.1, -0.05) is 36.4 Å². The fraction of sp³-hybridized carbons (Fsp3) is 0.143. The molecule has 1 aliphatic rings. The van der Waals surface area contributed by atoms with Gasteiger partial charge < -0.3 is 5.11 Å². The average Bonchev–Trinajstić information content (AvgIpc) is 2.59. The first kappa shape index (κ1) is 8.69. The van der Waals surface area contributed by atoms with Gasteiger partial charge in [0.15, 0.2) is 0 Å². The second-order valence-electron chi connectivity index (χ2n) is 4.03. The van der Waals surface area contributed by atoms with Gasteiger partial charge in [0.1, 0.15) is 0 Å². The lowest BCUT2D eigenvalue weighted by molar-refractivity contribution is 0.283. The highest BCUT2D eigenvalue weighted by molar-refractivity contribution is 6.09. The first-order chi connectivity index (χ1) is 7.31. The molecule has 15 heavy (non-hydrogen) atoms. The SMILES string of the molecule is CC1=Cc2ccc(CO)c3cccc1c23. The maximum atomic E-state index is 9.29. The number of aliphatic hydroxyl groups is 1. The lowest BCUT2D eigenvalue weighted by Crippen LogP contribution is -1.88. The molecule has 0 aromatic heterocycles. The molecule has 74 valence electrons. The van der Waals surface area contributed by atoms with E-state index >= 15 is 0 Å². The van der Waals surface area contributed by atoms with Crippen LogP contribution >= 0.6 is 0 Å². The van der Waals surface area contributed by atoms with Crippen molar-refractivity contribution in [3.05, 3.63) is 47.0 Å². The number of hydrogen-bond donors (Lipinski definition) is 1. The molecular weight excluding hydrogens is 184 g/mol. The molecular formula is C14H12O. The second-order valence-corrected chi connectivity index (χ2v) is 4.03. The van der Waals surface area contributed by atoms with Crippen molar-refractivity contribution in [2.75, 3.05) is 0 Å². The summed E-state index contributed by atoms with van der Waals surface area (Å²) in [6.45, 7) is 2.24. The van der Waals surface area contributed by atoms with E-state index in [-0.39, 0.29) is 6.61 Å². The summed E-state index contributed by atoms with van der Waals surface area (Å²) >= 11 is 0. The van der Waals surface area contributed by atoms with Crippen molar-refractivity contribution in [1.29, 1.82) is 0 Å². The third kappa shape index (κ3) is 1.07. The molecule has 0 heterocycles. The van der Waals surface area contributed by atoms with E-state index in [1.165, 1.54) is 27.5 Å². The van der Waals surface area contributed by atoms with Gasteiger partial charge in [-0.05, 0) is 40.0 Å². The topological polar surface area (TPSA) is 20.2 Å². The summed E-state index contributed by atoms with van der Waals surface area (Å²) in [5, 5.41) is 11.8. The lowest BCUT2D eigenvalue weighted by Gasteiger charge is -2.06. The number of hydrogen-bond acceptors (Lipinski definition) is 1. The Morgan fingerprint density at radius 2 is 2.00 bits per heavy atom. The highest BCUT2D eigenvalue weighted by atomic mass is 16.3. The molecule has 0 amide bonds. The molecule has 0 spiro atoms. The van der Waals surface area contributed by atoms with Crippen molar-refractivity contribution in [2.45, 2.75) is 13.5 Å². The second kappa shape index (κ2) is 2.94. The van der Waals surface area contributed by atoms with Crippen LogP contribution in [0, 0.1) is 0 Å². The molecule has 0 aliphatic heterocycles. The monoisotopic (exact) mass is 196 g/mol. The summed E-state index contributed by atoms with van der Waals surface area (Å²) < 4.78 is 0. The first-order valence-electron chi connectivity index (χ1n) is 5.15. The molecule has 0 unspecified atom stereocenters. The minimum atomic E-state index is 0.110. The Morgan fingerprint density at radius 1 is 1.13 bits per heavy atom. The van der Waals surface area contributed by atoms with Gasteiger partial charge in [-0.2, -0.15) is 0 Å². The highest BCUT2D eigenvalue weighted by Crippen LogP contribution is 2.37. The van der Waals surface area contributed by atoms with E-state index in [1.54, 1.807) is 0 Å². The minimum absolute atomic E-state index is 0.110. The van der Waals surface area contributed by atoms with Crippen molar-refractivity contribution < 1.29 is 5.11 Å². The quantitative estimate of drug-likeness (QED) is 0.742. The molecule has 0 saturated heterocycles. The first-order valence-corrected chi connectivity index (χ1v) is 5.15. The maximum absolute atomic E-state index is 9.29. The van der Waals surface area contributed by atoms with Crippen LogP contribution < -0.4 is 0 Å². The van der Waals surface area contributed by atoms with E-state index in [2.05, 4.69) is 37.3 Å². The maximum Gasteiger partial charge on any atom is 0.0687 e. The Balaban J connectivity index is 2.50. The zero-order chi connectivity index (χ0) is 10.4. The summed E-state index contributed by atoms with van der Waals surface area (Å²) in [7, 11) is 0. The number of rotatable bonds is 1. The van der Waals surface area contributed by atoms with E-state index in [1.807, 2.05) is 6.07 Å². The smallest absolute Gasteiger partial charge is 0.0687 e. The normalized spacial score (nSPS) is 13.3. The Hall–Kier alpha value is -1.60. The van der Waals surface area contributed by atoms with E-state index in [9.17, 15) is 5.11 Å². The fourth-order valence-electron chi connectivity index (χ4n) is 2.39. The van der Waals surface area contributed by atoms with Crippen LogP contribution in [0.5, 0.6) is 0 Å². The van der Waals surface area contributed by atoms with Crippen molar-refractivity contribution in [2.24, 2.45) is 0 Å². The third-order valence-electron chi connectivity index (χ3n) is 3.13. The Kier molecular flexibility index (Phi) is 1.70. The molecule has 1 nitrogen and oxygen atoms in total. The van der Waals surface area contributed by atoms with E-state index in [0.717, 1.165) is 5.56 Å². The zero-order valence-corrected chi connectivity index (χ0v) is 8.62. The molecule has 2 aromatic carbocycles. The van der Waals surface area contributed by atoms with Crippen LogP contribution in [0.4, 0.5) is 0 Å². The van der Waals surface area contributed by atoms with Crippen LogP contribution in [0.3, 0.4) is 0 Å². The summed E-state index contributed by atoms with van der Waals surface area (Å²) in [5.74, 6) is 0. The van der Waals surface area contributed by atoms with Gasteiger partial charge in [0.2, 0.25) is 0 Å². The molecule has 2 aromatic rings. The average molecular weight is 196 g/mol. The molecule has 1 aliphatic carbocycles. The van der Waals surface area contributed by atoms with Crippen molar-refractivity contribution >= 4 is 22.4 Å². The molecule has 0 radical (unpaired) electrons. The number of allylic oxidation sites excluding steroid dienone is 1. The van der Waals surface area contributed by atoms with E-state index in [4.69, 9.17) is 0 Å². The van der Waals surface area contributed by atoms with Gasteiger partial charge in [0.25, 0.3) is 0 Å². The predicted molar refractivity (Wildman–Crippen MR) is 63.4 cm³/mol. The van der Waals surface area contributed by atoms with Gasteiger partial charge in [-0.3, -0.25) is 0 Å². The van der Waals surface area contributed by atoms with Crippen LogP contribution in [0.25, 0.3) is 22.4 Å². The summed E-state index contributed by atoms with van der Waals surface area (Å²) in [5.41, 5.74) is 4.90. The van der Waals surface area contributed by atoms with Gasteiger partial charge >= 0.3 is 0 Å². The van der Waals surface area contributed by atoms with Gasteiger partial charge in [-0.15, -0.1) is 0 Å². The zero-order valence-electron chi connectivity index (χ0n) is 8.62. The van der Waals surface area contributed by atoms with Crippen LogP contribution in [0.2, 0.25) is 0 Å². The number of benzene rings is 2. The Morgan fingerprint density at radius 3 is 2.80 bits per heavy atom. The largest absolute Gasteiger partial charge is 0.392 e. The van der Waals surface area contributed by atoms with Gasteiger partial charge in [0, 0.05) is 0 Å². The molecule has 3 rings (SSSR count). The number of aliphatic hydroxyl groups excluding tert-OH is 1. The van der Waals surface area contributed by atoms with Crippen molar-refractivity contribution in [1.82, 2.24) is 0 Å². The molecule has 1 heteroatoms. The summed E-state index contributed by atoms with van der Waals surface area (Å²) in [6.07, 6.45) is 2.21. The van der Waals surface area contributed by atoms with Crippen molar-refractivity contribution in [3.8, 4) is 0 Å². The van der Waals surface area contributed by atoms with Crippen LogP contribution in [0.1, 0.15) is 23.6 Å². The standard InChI is InChI=1S/C14H12O/c1-9-7-10-5-6-11(8-15)13-4-2-3-12(9)14(10)13/h2-7,15H,8H2,1H3. The van der Waals surface area contributed by atoms with Crippen LogP contribution in [-0.2, 0) is 6.61 Å². The molecule has 0 fully saturated rings. The molecule has 0 atom stereocenters. The van der Waals surface area contributed by atoms with Gasteiger partial charge in [0.05, 0.1) is 6.61 Å². The van der Waals surface area contributed by atoms with E-state index < -0.39 is 0 Å². The van der Waals surface area contributed by atoms with E-state index in [0.29, 0.717) is 0 Å². The summed E-state index contributed by atoms with van der Waals surface area (Å²) in [6, 6.07) is 10.4. The van der Waals surface area contributed by atoms with Crippen LogP contribution in [0.15, 0.2) is 30.3 Å². The third-order valence-corrected chi connectivity index (χ3v) is 3.13. The minimum Gasteiger partial charge on any atom is -0.392 e. The van der Waals surface area contributed by atoms with Gasteiger partial charge in [-0.25, -0.2) is 0 Å². The van der Waals surface area contributed by atoms with Crippen molar-refractivity contribution in [3.63, 3.8) is 0 Å². The van der Waals surface area contributed by atoms with Crippen LogP contribution in [-0.4, -0.2) is 5.11 Å². The molecule has 0 saturated carbocycles. The Labute approximate surface area is 88.7 Å². The summed E-state index contributed by atoms with van der Waals surface area (Å²) in [4.78, 5) is 0. The highest BCUT2D eigenvalue weighted by Gasteiger charge is 2.14. The predicted octanol–water partition coefficient (Wildman–Crippen LogP) is 3.21. The molecule has 1 N–H and O–H groups in total.